The summed E-state index contributed by atoms with van der Waals surface area (Å²) in [6.07, 6.45) is 6.84. The maximum Gasteiger partial charge on any atom is -0.00555 e. The van der Waals surface area contributed by atoms with Crippen LogP contribution < -0.4 is 0 Å². The van der Waals surface area contributed by atoms with E-state index < -0.39 is 0 Å². The normalized spacial score (nSPS) is 34.2. The van der Waals surface area contributed by atoms with Gasteiger partial charge in [-0.25, -0.2) is 0 Å². The van der Waals surface area contributed by atoms with Crippen molar-refractivity contribution in [1.29, 1.82) is 0 Å². The third kappa shape index (κ3) is 1.62. The van der Waals surface area contributed by atoms with Gasteiger partial charge in [0.05, 0.1) is 0 Å². The highest BCUT2D eigenvalue weighted by molar-refractivity contribution is 5.88. The van der Waals surface area contributed by atoms with E-state index in [-0.39, 0.29) is 0 Å². The minimum Gasteiger partial charge on any atom is -0.0622 e. The molecule has 0 amide bonds. The second-order valence-corrected chi connectivity index (χ2v) is 6.98. The number of fused-ring (bicyclic) bond motifs is 7. The summed E-state index contributed by atoms with van der Waals surface area (Å²) in [5, 5.41) is 0. The topological polar surface area (TPSA) is 0 Å². The molecule has 0 N–H and O–H groups in total. The Balaban J connectivity index is 1.69. The lowest BCUT2D eigenvalue weighted by atomic mass is 9.78. The van der Waals surface area contributed by atoms with Crippen molar-refractivity contribution in [1.82, 2.24) is 0 Å². The first kappa shape index (κ1) is 11.8. The number of allylic oxidation sites excluding steroid dienone is 1. The lowest BCUT2D eigenvalue weighted by Crippen LogP contribution is -2.15. The maximum absolute atomic E-state index is 2.46. The van der Waals surface area contributed by atoms with Crippen molar-refractivity contribution in [2.75, 3.05) is 0 Å². The standard InChI is InChI=1S/C21H20/c1-2-6-14(7-3-1)12-19-17-8-4-5-9-18(17)20-15-10-11-16(13-15)21(19)20/h1-9,12,15-16,20-21H,10-11,13H2/b19-12+/t15-,16+,20?,21?/m0/s1. The highest BCUT2D eigenvalue weighted by Gasteiger charge is 2.53. The van der Waals surface area contributed by atoms with E-state index in [1.54, 1.807) is 11.1 Å². The Kier molecular flexibility index (Phi) is 2.44. The van der Waals surface area contributed by atoms with Crippen molar-refractivity contribution in [2.45, 2.75) is 25.2 Å². The first-order chi connectivity index (χ1) is 10.4. The fourth-order valence-electron chi connectivity index (χ4n) is 5.32. The molecule has 0 aliphatic heterocycles. The van der Waals surface area contributed by atoms with Crippen molar-refractivity contribution in [2.24, 2.45) is 17.8 Å². The van der Waals surface area contributed by atoms with Gasteiger partial charge in [-0.1, -0.05) is 60.7 Å². The van der Waals surface area contributed by atoms with Gasteiger partial charge in [0.2, 0.25) is 0 Å². The fraction of sp³-hybridized carbons (Fsp3) is 0.333. The number of hydrogen-bond donors (Lipinski definition) is 0. The Hall–Kier alpha value is -1.82. The van der Waals surface area contributed by atoms with Gasteiger partial charge >= 0.3 is 0 Å². The summed E-state index contributed by atoms with van der Waals surface area (Å²) in [7, 11) is 0. The van der Waals surface area contributed by atoms with Crippen LogP contribution in [0.4, 0.5) is 0 Å². The van der Waals surface area contributed by atoms with Gasteiger partial charge in [0.1, 0.15) is 0 Å². The molecule has 4 atom stereocenters. The molecule has 0 nitrogen and oxygen atoms in total. The van der Waals surface area contributed by atoms with E-state index in [1.807, 2.05) is 0 Å². The Morgan fingerprint density at radius 3 is 2.33 bits per heavy atom. The molecule has 0 aromatic heterocycles. The molecule has 21 heavy (non-hydrogen) atoms. The van der Waals surface area contributed by atoms with Gasteiger partial charge in [-0.15, -0.1) is 0 Å². The largest absolute Gasteiger partial charge is 0.0622 e. The first-order valence-electron chi connectivity index (χ1n) is 8.28. The molecule has 0 radical (unpaired) electrons. The molecule has 0 spiro atoms. The van der Waals surface area contributed by atoms with E-state index in [4.69, 9.17) is 0 Å². The Labute approximate surface area is 126 Å². The zero-order valence-corrected chi connectivity index (χ0v) is 12.2. The Bertz CT molecular complexity index is 710. The van der Waals surface area contributed by atoms with Crippen LogP contribution in [-0.4, -0.2) is 0 Å². The van der Waals surface area contributed by atoms with E-state index in [0.29, 0.717) is 0 Å². The van der Waals surface area contributed by atoms with Crippen LogP contribution in [0, 0.1) is 17.8 Å². The summed E-state index contributed by atoms with van der Waals surface area (Å²) in [5.74, 6) is 3.49. The summed E-state index contributed by atoms with van der Waals surface area (Å²) in [6.45, 7) is 0. The molecular weight excluding hydrogens is 252 g/mol. The minimum atomic E-state index is 0.793. The molecular formula is C21H20. The average molecular weight is 272 g/mol. The molecule has 5 rings (SSSR count). The predicted molar refractivity (Wildman–Crippen MR) is 87.8 cm³/mol. The van der Waals surface area contributed by atoms with Crippen molar-refractivity contribution >= 4 is 11.6 Å². The Morgan fingerprint density at radius 2 is 1.48 bits per heavy atom. The highest BCUT2D eigenvalue weighted by atomic mass is 14.6. The van der Waals surface area contributed by atoms with E-state index in [1.165, 1.54) is 30.4 Å². The SMILES string of the molecule is C(=C1/c2ccccc2C2C1[C@@H]1CC[C@H]2C1)/c1ccccc1. The molecule has 2 fully saturated rings. The van der Waals surface area contributed by atoms with Crippen molar-refractivity contribution < 1.29 is 0 Å². The van der Waals surface area contributed by atoms with Gasteiger partial charge in [-0.05, 0) is 65.2 Å². The quantitative estimate of drug-likeness (QED) is 0.654. The van der Waals surface area contributed by atoms with Crippen LogP contribution in [0.25, 0.3) is 11.6 Å². The lowest BCUT2D eigenvalue weighted by molar-refractivity contribution is 0.365. The van der Waals surface area contributed by atoms with Gasteiger partial charge in [0.25, 0.3) is 0 Å². The molecule has 2 unspecified atom stereocenters. The van der Waals surface area contributed by atoms with Gasteiger partial charge in [0, 0.05) is 0 Å². The van der Waals surface area contributed by atoms with Crippen LogP contribution in [0.3, 0.4) is 0 Å². The molecule has 0 heteroatoms. The van der Waals surface area contributed by atoms with Crippen molar-refractivity contribution in [3.05, 3.63) is 71.3 Å². The zero-order chi connectivity index (χ0) is 13.8. The third-order valence-corrected chi connectivity index (χ3v) is 6.03. The van der Waals surface area contributed by atoms with Crippen LogP contribution >= 0.6 is 0 Å². The van der Waals surface area contributed by atoms with Crippen molar-refractivity contribution in [3.8, 4) is 0 Å². The summed E-state index contributed by atoms with van der Waals surface area (Å²) in [6, 6.07) is 20.0. The predicted octanol–water partition coefficient (Wildman–Crippen LogP) is 5.37. The second-order valence-electron chi connectivity index (χ2n) is 6.98. The molecule has 2 bridgehead atoms. The zero-order valence-electron chi connectivity index (χ0n) is 12.2. The smallest absolute Gasteiger partial charge is 0.00555 e. The van der Waals surface area contributed by atoms with Gasteiger partial charge in [-0.2, -0.15) is 0 Å². The van der Waals surface area contributed by atoms with Gasteiger partial charge in [-0.3, -0.25) is 0 Å². The van der Waals surface area contributed by atoms with Gasteiger partial charge < -0.3 is 0 Å². The number of rotatable bonds is 1. The van der Waals surface area contributed by atoms with Crippen LogP contribution in [-0.2, 0) is 0 Å². The van der Waals surface area contributed by atoms with Crippen molar-refractivity contribution in [3.63, 3.8) is 0 Å². The summed E-state index contributed by atoms with van der Waals surface area (Å²) >= 11 is 0. The molecule has 2 aromatic carbocycles. The number of benzene rings is 2. The van der Waals surface area contributed by atoms with E-state index in [2.05, 4.69) is 60.7 Å². The van der Waals surface area contributed by atoms with E-state index in [0.717, 1.165) is 23.7 Å². The molecule has 2 saturated carbocycles. The first-order valence-corrected chi connectivity index (χ1v) is 8.28. The van der Waals surface area contributed by atoms with E-state index >= 15 is 0 Å². The fourth-order valence-corrected chi connectivity index (χ4v) is 5.32. The van der Waals surface area contributed by atoms with Crippen LogP contribution in [0.2, 0.25) is 0 Å². The van der Waals surface area contributed by atoms with Crippen LogP contribution in [0.1, 0.15) is 41.9 Å². The average Bonchev–Trinajstić information content (AvgIpc) is 3.21. The molecule has 3 aliphatic rings. The second kappa shape index (κ2) is 4.34. The minimum absolute atomic E-state index is 0.793. The third-order valence-electron chi connectivity index (χ3n) is 6.03. The molecule has 2 aromatic rings. The van der Waals surface area contributed by atoms with E-state index in [9.17, 15) is 0 Å². The molecule has 0 saturated heterocycles. The molecule has 104 valence electrons. The molecule has 0 heterocycles. The Morgan fingerprint density at radius 1 is 0.762 bits per heavy atom. The lowest BCUT2D eigenvalue weighted by Gasteiger charge is -2.26. The number of hydrogen-bond acceptors (Lipinski definition) is 0. The monoisotopic (exact) mass is 272 g/mol. The van der Waals surface area contributed by atoms with Gasteiger partial charge in [0.15, 0.2) is 0 Å². The summed E-state index contributed by atoms with van der Waals surface area (Å²) in [4.78, 5) is 0. The summed E-state index contributed by atoms with van der Waals surface area (Å²) < 4.78 is 0. The van der Waals surface area contributed by atoms with Crippen LogP contribution in [0.5, 0.6) is 0 Å². The summed E-state index contributed by atoms with van der Waals surface area (Å²) in [5.41, 5.74) is 6.14. The van der Waals surface area contributed by atoms with Crippen LogP contribution in [0.15, 0.2) is 54.6 Å². The maximum atomic E-state index is 2.46. The highest BCUT2D eigenvalue weighted by Crippen LogP contribution is 2.65. The molecule has 3 aliphatic carbocycles.